The minimum Gasteiger partial charge on any atom is -0.503 e. The van der Waals surface area contributed by atoms with Gasteiger partial charge >= 0.3 is 0 Å². The van der Waals surface area contributed by atoms with Crippen LogP contribution in [0.5, 0.6) is 17.2 Å². The van der Waals surface area contributed by atoms with E-state index in [0.29, 0.717) is 12.2 Å². The van der Waals surface area contributed by atoms with Crippen LogP contribution in [0.4, 0.5) is 0 Å². The molecule has 1 aliphatic rings. The number of nitrogens with zero attached hydrogens (tertiary/aromatic N) is 1. The first-order valence-corrected chi connectivity index (χ1v) is 5.92. The molecule has 0 aliphatic carbocycles. The fourth-order valence-corrected chi connectivity index (χ4v) is 2.07. The number of aromatic nitrogens is 1. The van der Waals surface area contributed by atoms with Crippen molar-refractivity contribution in [3.8, 4) is 17.2 Å². The van der Waals surface area contributed by atoms with Crippen LogP contribution >= 0.6 is 0 Å². The van der Waals surface area contributed by atoms with Crippen LogP contribution in [0.1, 0.15) is 11.3 Å². The van der Waals surface area contributed by atoms with Gasteiger partial charge in [0, 0.05) is 18.8 Å². The molecule has 0 saturated heterocycles. The van der Waals surface area contributed by atoms with E-state index >= 15 is 0 Å². The highest BCUT2D eigenvalue weighted by Crippen LogP contribution is 2.32. The molecule has 0 fully saturated rings. The number of hydrogen-bond donors (Lipinski definition) is 1. The average molecular weight is 259 g/mol. The number of ether oxygens (including phenoxy) is 2. The van der Waals surface area contributed by atoms with Gasteiger partial charge in [0.2, 0.25) is 12.2 Å². The van der Waals surface area contributed by atoms with Gasteiger partial charge in [0.15, 0.2) is 17.2 Å². The first-order valence-electron chi connectivity index (χ1n) is 5.92. The van der Waals surface area contributed by atoms with Crippen molar-refractivity contribution in [2.75, 3.05) is 6.79 Å². The normalized spacial score (nSPS) is 12.7. The molecule has 3 rings (SSSR count). The third-order valence-corrected chi connectivity index (χ3v) is 3.20. The molecule has 0 amide bonds. The van der Waals surface area contributed by atoms with Gasteiger partial charge in [0.05, 0.1) is 5.69 Å². The number of hydrogen-bond acceptors (Lipinski definition) is 4. The smallest absolute Gasteiger partial charge is 0.231 e. The van der Waals surface area contributed by atoms with Gasteiger partial charge < -0.3 is 19.1 Å². The first kappa shape index (κ1) is 11.6. The molecule has 0 unspecified atom stereocenters. The Balaban J connectivity index is 1.94. The number of benzene rings is 1. The third kappa shape index (κ3) is 2.03. The molecule has 0 atom stereocenters. The lowest BCUT2D eigenvalue weighted by Gasteiger charge is -2.11. The molecule has 5 heteroatoms. The van der Waals surface area contributed by atoms with Crippen molar-refractivity contribution in [3.63, 3.8) is 0 Å². The minimum atomic E-state index is -0.362. The molecule has 1 aliphatic heterocycles. The summed E-state index contributed by atoms with van der Waals surface area (Å²) in [7, 11) is 0. The molecular formula is C14H13NO4. The Morgan fingerprint density at radius 1 is 1.26 bits per heavy atom. The van der Waals surface area contributed by atoms with E-state index in [1.165, 1.54) is 6.07 Å². The highest BCUT2D eigenvalue weighted by Gasteiger charge is 2.13. The summed E-state index contributed by atoms with van der Waals surface area (Å²) < 4.78 is 12.4. The van der Waals surface area contributed by atoms with Crippen molar-refractivity contribution >= 4 is 0 Å². The van der Waals surface area contributed by atoms with Gasteiger partial charge in [0.1, 0.15) is 0 Å². The Kier molecular flexibility index (Phi) is 2.67. The Labute approximate surface area is 109 Å². The van der Waals surface area contributed by atoms with Crippen molar-refractivity contribution < 1.29 is 14.6 Å². The van der Waals surface area contributed by atoms with Crippen LogP contribution in [0.25, 0.3) is 0 Å². The van der Waals surface area contributed by atoms with E-state index in [1.807, 2.05) is 22.8 Å². The van der Waals surface area contributed by atoms with E-state index in [1.54, 1.807) is 13.1 Å². The molecule has 0 spiro atoms. The van der Waals surface area contributed by atoms with Crippen LogP contribution in [-0.2, 0) is 6.54 Å². The SMILES string of the molecule is Cc1c(O)c(=O)ccn1Cc1ccc2c(c1)OCO2. The quantitative estimate of drug-likeness (QED) is 0.890. The number of aromatic hydroxyl groups is 1. The Bertz CT molecular complexity index is 690. The maximum atomic E-state index is 11.3. The fraction of sp³-hybridized carbons (Fsp3) is 0.214. The van der Waals surface area contributed by atoms with Crippen molar-refractivity contribution in [2.24, 2.45) is 0 Å². The van der Waals surface area contributed by atoms with Gasteiger partial charge in [-0.3, -0.25) is 4.79 Å². The zero-order chi connectivity index (χ0) is 13.4. The summed E-state index contributed by atoms with van der Waals surface area (Å²) >= 11 is 0. The molecule has 2 aromatic rings. The summed E-state index contributed by atoms with van der Waals surface area (Å²) in [5, 5.41) is 9.64. The molecule has 0 saturated carbocycles. The Hall–Kier alpha value is -2.43. The van der Waals surface area contributed by atoms with Crippen LogP contribution in [-0.4, -0.2) is 16.5 Å². The zero-order valence-corrected chi connectivity index (χ0v) is 10.4. The maximum Gasteiger partial charge on any atom is 0.231 e. The summed E-state index contributed by atoms with van der Waals surface area (Å²) in [5.41, 5.74) is 1.19. The van der Waals surface area contributed by atoms with Crippen LogP contribution < -0.4 is 14.9 Å². The average Bonchev–Trinajstić information content (AvgIpc) is 2.87. The third-order valence-electron chi connectivity index (χ3n) is 3.20. The fourth-order valence-electron chi connectivity index (χ4n) is 2.07. The summed E-state index contributed by atoms with van der Waals surface area (Å²) in [4.78, 5) is 11.3. The van der Waals surface area contributed by atoms with Gasteiger partial charge in [-0.25, -0.2) is 0 Å². The maximum absolute atomic E-state index is 11.3. The van der Waals surface area contributed by atoms with Crippen molar-refractivity contribution in [2.45, 2.75) is 13.5 Å². The number of rotatable bonds is 2. The van der Waals surface area contributed by atoms with E-state index in [-0.39, 0.29) is 18.0 Å². The van der Waals surface area contributed by atoms with E-state index in [9.17, 15) is 9.90 Å². The topological polar surface area (TPSA) is 60.7 Å². The highest BCUT2D eigenvalue weighted by molar-refractivity contribution is 5.44. The minimum absolute atomic E-state index is 0.205. The molecule has 1 aromatic carbocycles. The van der Waals surface area contributed by atoms with Crippen LogP contribution in [0, 0.1) is 6.92 Å². The second-order valence-corrected chi connectivity index (χ2v) is 4.43. The molecule has 1 N–H and O–H groups in total. The van der Waals surface area contributed by atoms with Gasteiger partial charge in [-0.1, -0.05) is 6.07 Å². The summed E-state index contributed by atoms with van der Waals surface area (Å²) in [5.74, 6) is 1.26. The van der Waals surface area contributed by atoms with Gasteiger partial charge in [0.25, 0.3) is 0 Å². The number of pyridine rings is 1. The van der Waals surface area contributed by atoms with Gasteiger partial charge in [-0.2, -0.15) is 0 Å². The van der Waals surface area contributed by atoms with E-state index in [2.05, 4.69) is 0 Å². The molecule has 5 nitrogen and oxygen atoms in total. The van der Waals surface area contributed by atoms with Crippen molar-refractivity contribution in [1.29, 1.82) is 0 Å². The predicted octanol–water partition coefficient (Wildman–Crippen LogP) is 1.64. The van der Waals surface area contributed by atoms with Crippen LogP contribution in [0.2, 0.25) is 0 Å². The summed E-state index contributed by atoms with van der Waals surface area (Å²) in [6.07, 6.45) is 1.67. The van der Waals surface area contributed by atoms with E-state index < -0.39 is 0 Å². The monoisotopic (exact) mass is 259 g/mol. The summed E-state index contributed by atoms with van der Waals surface area (Å²) in [6.45, 7) is 2.51. The van der Waals surface area contributed by atoms with Crippen LogP contribution in [0.3, 0.4) is 0 Å². The first-order chi connectivity index (χ1) is 9.15. The lowest BCUT2D eigenvalue weighted by Crippen LogP contribution is -2.10. The standard InChI is InChI=1S/C14H13NO4/c1-9-14(17)11(16)4-5-15(9)7-10-2-3-12-13(6-10)19-8-18-12/h2-6,17H,7-8H2,1H3. The lowest BCUT2D eigenvalue weighted by molar-refractivity contribution is 0.174. The molecule has 2 heterocycles. The van der Waals surface area contributed by atoms with Crippen molar-refractivity contribution in [1.82, 2.24) is 4.57 Å². The lowest BCUT2D eigenvalue weighted by atomic mass is 10.2. The molecule has 19 heavy (non-hydrogen) atoms. The largest absolute Gasteiger partial charge is 0.503 e. The van der Waals surface area contributed by atoms with Crippen LogP contribution in [0.15, 0.2) is 35.3 Å². The summed E-state index contributed by atoms with van der Waals surface area (Å²) in [6, 6.07) is 7.05. The number of fused-ring (bicyclic) bond motifs is 1. The molecule has 0 bridgehead atoms. The Morgan fingerprint density at radius 2 is 2.05 bits per heavy atom. The second-order valence-electron chi connectivity index (χ2n) is 4.43. The zero-order valence-electron chi connectivity index (χ0n) is 10.4. The molecule has 1 aromatic heterocycles. The molecule has 0 radical (unpaired) electrons. The van der Waals surface area contributed by atoms with Gasteiger partial charge in [-0.15, -0.1) is 0 Å². The van der Waals surface area contributed by atoms with E-state index in [4.69, 9.17) is 9.47 Å². The highest BCUT2D eigenvalue weighted by atomic mass is 16.7. The predicted molar refractivity (Wildman–Crippen MR) is 68.8 cm³/mol. The Morgan fingerprint density at radius 3 is 2.89 bits per heavy atom. The molecular weight excluding hydrogens is 246 g/mol. The second kappa shape index (κ2) is 4.35. The van der Waals surface area contributed by atoms with E-state index in [0.717, 1.165) is 17.1 Å². The molecule has 98 valence electrons. The van der Waals surface area contributed by atoms with Gasteiger partial charge in [-0.05, 0) is 24.6 Å². The van der Waals surface area contributed by atoms with Crippen molar-refractivity contribution in [3.05, 3.63) is 51.9 Å².